The number of carbonyl (C=O) groups excluding carboxylic acids is 2. The lowest BCUT2D eigenvalue weighted by Crippen LogP contribution is -2.34. The van der Waals surface area contributed by atoms with Crippen LogP contribution < -0.4 is 5.73 Å². The van der Waals surface area contributed by atoms with E-state index in [0.717, 1.165) is 16.7 Å². The predicted molar refractivity (Wildman–Crippen MR) is 127 cm³/mol. The molecule has 0 unspecified atom stereocenters. The van der Waals surface area contributed by atoms with E-state index in [4.69, 9.17) is 5.73 Å². The van der Waals surface area contributed by atoms with Gasteiger partial charge in [-0.3, -0.25) is 9.59 Å². The molecule has 1 aromatic carbocycles. The third kappa shape index (κ3) is 5.35. The molecule has 0 heterocycles. The molecule has 1 aromatic rings. The van der Waals surface area contributed by atoms with Crippen LogP contribution in [0.4, 0.5) is 0 Å². The predicted octanol–water partition coefficient (Wildman–Crippen LogP) is 4.51. The van der Waals surface area contributed by atoms with Gasteiger partial charge in [-0.05, 0) is 47.9 Å². The zero-order valence-electron chi connectivity index (χ0n) is 17.8. The summed E-state index contributed by atoms with van der Waals surface area (Å²) in [7, 11) is 0. The van der Waals surface area contributed by atoms with Gasteiger partial charge in [-0.15, -0.1) is 39.5 Å². The van der Waals surface area contributed by atoms with E-state index in [1.807, 2.05) is 0 Å². The number of hydrogen-bond acceptors (Lipinski definition) is 2. The molecule has 0 spiro atoms. The van der Waals surface area contributed by atoms with Gasteiger partial charge in [0, 0.05) is 24.2 Å². The van der Waals surface area contributed by atoms with Gasteiger partial charge in [0.2, 0.25) is 5.91 Å². The Morgan fingerprint density at radius 3 is 1.43 bits per heavy atom. The Balaban J connectivity index is 4.16. The average Bonchev–Trinajstić information content (AvgIpc) is 2.70. The smallest absolute Gasteiger partial charge is 0.255 e. The summed E-state index contributed by atoms with van der Waals surface area (Å²) in [5.74, 6) is -0.784. The van der Waals surface area contributed by atoms with Gasteiger partial charge in [-0.1, -0.05) is 36.5 Å². The summed E-state index contributed by atoms with van der Waals surface area (Å²) in [5.41, 5.74) is 9.71. The van der Waals surface area contributed by atoms with Crippen molar-refractivity contribution in [3.8, 4) is 0 Å². The number of hydrogen-bond donors (Lipinski definition) is 1. The van der Waals surface area contributed by atoms with Gasteiger partial charge >= 0.3 is 0 Å². The van der Waals surface area contributed by atoms with Crippen LogP contribution in [0.5, 0.6) is 0 Å². The van der Waals surface area contributed by atoms with Crippen molar-refractivity contribution in [1.82, 2.24) is 4.90 Å². The molecule has 4 nitrogen and oxygen atoms in total. The second-order valence-electron chi connectivity index (χ2n) is 6.79. The summed E-state index contributed by atoms with van der Waals surface area (Å²) in [6.45, 7) is 23.6. The summed E-state index contributed by atoms with van der Waals surface area (Å²) in [4.78, 5) is 27.9. The Bertz CT molecular complexity index is 868. The highest BCUT2D eigenvalue weighted by molar-refractivity contribution is 6.04. The Morgan fingerprint density at radius 1 is 0.633 bits per heavy atom. The Hall–Kier alpha value is -3.40. The standard InChI is InChI=1S/C26H32N2O2/c1-7-13-19-20(14-8-2)23(25(27)29)22(16-10-4)24(21(19)15-9-3)26(30)28(17-11-5)18-12-6/h7-12H,1-6,13-18H2,(H2,27,29). The molecular formula is C26H32N2O2. The lowest BCUT2D eigenvalue weighted by Gasteiger charge is -2.27. The number of carbonyl (C=O) groups is 2. The fourth-order valence-corrected chi connectivity index (χ4v) is 3.72. The van der Waals surface area contributed by atoms with E-state index in [2.05, 4.69) is 39.5 Å². The van der Waals surface area contributed by atoms with Gasteiger partial charge in [-0.2, -0.15) is 0 Å². The molecule has 0 aromatic heterocycles. The van der Waals surface area contributed by atoms with Gasteiger partial charge < -0.3 is 10.6 Å². The minimum Gasteiger partial charge on any atom is -0.366 e. The van der Waals surface area contributed by atoms with E-state index in [-0.39, 0.29) is 5.91 Å². The van der Waals surface area contributed by atoms with Gasteiger partial charge in [0.05, 0.1) is 0 Å². The molecule has 0 saturated carbocycles. The van der Waals surface area contributed by atoms with E-state index in [9.17, 15) is 9.59 Å². The largest absolute Gasteiger partial charge is 0.366 e. The third-order valence-electron chi connectivity index (χ3n) is 4.78. The molecule has 2 amide bonds. The molecule has 0 aliphatic heterocycles. The van der Waals surface area contributed by atoms with Crippen molar-refractivity contribution in [2.24, 2.45) is 5.73 Å². The second kappa shape index (κ2) is 12.2. The first-order chi connectivity index (χ1) is 14.4. The van der Waals surface area contributed by atoms with E-state index < -0.39 is 5.91 Å². The highest BCUT2D eigenvalue weighted by Crippen LogP contribution is 2.32. The van der Waals surface area contributed by atoms with Crippen LogP contribution in [-0.4, -0.2) is 29.8 Å². The molecular weight excluding hydrogens is 372 g/mol. The van der Waals surface area contributed by atoms with Gasteiger partial charge in [-0.25, -0.2) is 0 Å². The van der Waals surface area contributed by atoms with Gasteiger partial charge in [0.25, 0.3) is 5.91 Å². The van der Waals surface area contributed by atoms with Crippen LogP contribution in [0, 0.1) is 0 Å². The van der Waals surface area contributed by atoms with Crippen molar-refractivity contribution in [2.75, 3.05) is 13.1 Å². The van der Waals surface area contributed by atoms with Crippen LogP contribution in [-0.2, 0) is 25.7 Å². The molecule has 0 aliphatic carbocycles. The normalized spacial score (nSPS) is 10.0. The minimum absolute atomic E-state index is 0.207. The minimum atomic E-state index is -0.577. The van der Waals surface area contributed by atoms with Crippen molar-refractivity contribution in [2.45, 2.75) is 25.7 Å². The first-order valence-corrected chi connectivity index (χ1v) is 9.87. The number of nitrogens with two attached hydrogens (primary N) is 1. The zero-order chi connectivity index (χ0) is 22.7. The van der Waals surface area contributed by atoms with Crippen LogP contribution in [0.15, 0.2) is 75.9 Å². The Labute approximate surface area is 180 Å². The van der Waals surface area contributed by atoms with Crippen LogP contribution in [0.25, 0.3) is 0 Å². The molecule has 1 rings (SSSR count). The molecule has 158 valence electrons. The Kier molecular flexibility index (Phi) is 10.0. The van der Waals surface area contributed by atoms with E-state index >= 15 is 0 Å². The van der Waals surface area contributed by atoms with E-state index in [1.165, 1.54) is 0 Å². The summed E-state index contributed by atoms with van der Waals surface area (Å²) in [6.07, 6.45) is 12.0. The van der Waals surface area contributed by atoms with Crippen LogP contribution >= 0.6 is 0 Å². The van der Waals surface area contributed by atoms with Crippen molar-refractivity contribution in [3.63, 3.8) is 0 Å². The molecule has 0 radical (unpaired) electrons. The van der Waals surface area contributed by atoms with E-state index in [1.54, 1.807) is 41.4 Å². The molecule has 2 N–H and O–H groups in total. The maximum absolute atomic E-state index is 13.7. The van der Waals surface area contributed by atoms with E-state index in [0.29, 0.717) is 55.5 Å². The number of rotatable bonds is 14. The monoisotopic (exact) mass is 404 g/mol. The Morgan fingerprint density at radius 2 is 1.03 bits per heavy atom. The van der Waals surface area contributed by atoms with Crippen molar-refractivity contribution >= 4 is 11.8 Å². The summed E-state index contributed by atoms with van der Waals surface area (Å²) in [6, 6.07) is 0. The first-order valence-electron chi connectivity index (χ1n) is 9.87. The summed E-state index contributed by atoms with van der Waals surface area (Å²) < 4.78 is 0. The quantitative estimate of drug-likeness (QED) is 0.464. The average molecular weight is 405 g/mol. The highest BCUT2D eigenvalue weighted by Gasteiger charge is 2.29. The van der Waals surface area contributed by atoms with Crippen LogP contribution in [0.3, 0.4) is 0 Å². The molecule has 4 heteroatoms. The third-order valence-corrected chi connectivity index (χ3v) is 4.78. The zero-order valence-corrected chi connectivity index (χ0v) is 17.8. The SMILES string of the molecule is C=CCc1c(CC=C)c(C(N)=O)c(CC=C)c(C(=O)N(CC=C)CC=C)c1CC=C. The number of allylic oxidation sites excluding steroid dienone is 4. The van der Waals surface area contributed by atoms with Crippen molar-refractivity contribution in [1.29, 1.82) is 0 Å². The molecule has 0 fully saturated rings. The fraction of sp³-hybridized carbons (Fsp3) is 0.231. The maximum atomic E-state index is 13.7. The number of benzene rings is 1. The van der Waals surface area contributed by atoms with Crippen LogP contribution in [0.2, 0.25) is 0 Å². The van der Waals surface area contributed by atoms with Gasteiger partial charge in [0.15, 0.2) is 0 Å². The van der Waals surface area contributed by atoms with Gasteiger partial charge in [0.1, 0.15) is 0 Å². The summed E-state index contributed by atoms with van der Waals surface area (Å²) >= 11 is 0. The summed E-state index contributed by atoms with van der Waals surface area (Å²) in [5, 5.41) is 0. The molecule has 0 bridgehead atoms. The highest BCUT2D eigenvalue weighted by atomic mass is 16.2. The lowest BCUT2D eigenvalue weighted by atomic mass is 9.81. The number of primary amides is 1. The van der Waals surface area contributed by atoms with Crippen molar-refractivity contribution in [3.05, 3.63) is 109 Å². The molecule has 0 aliphatic rings. The molecule has 0 atom stereocenters. The second-order valence-corrected chi connectivity index (χ2v) is 6.79. The number of amides is 2. The lowest BCUT2D eigenvalue weighted by molar-refractivity contribution is 0.0789. The van der Waals surface area contributed by atoms with Crippen LogP contribution in [0.1, 0.15) is 43.0 Å². The maximum Gasteiger partial charge on any atom is 0.255 e. The molecule has 30 heavy (non-hydrogen) atoms. The molecule has 0 saturated heterocycles. The van der Waals surface area contributed by atoms with Crippen molar-refractivity contribution < 1.29 is 9.59 Å². The first kappa shape index (κ1) is 24.6. The number of nitrogens with zero attached hydrogens (tertiary/aromatic N) is 1. The topological polar surface area (TPSA) is 63.4 Å². The fourth-order valence-electron chi connectivity index (χ4n) is 3.72.